The van der Waals surface area contributed by atoms with Crippen molar-refractivity contribution in [3.05, 3.63) is 111 Å². The molecule has 8 rings (SSSR count). The fraction of sp³-hybridized carbons (Fsp3) is 0.468. The highest BCUT2D eigenvalue weighted by Crippen LogP contribution is 2.41. The number of carbonyl (C=O) groups excluding carboxylic acids is 2. The van der Waals surface area contributed by atoms with E-state index in [4.69, 9.17) is 21.3 Å². The second-order valence-corrected chi connectivity index (χ2v) is 17.1. The first-order valence-electron chi connectivity index (χ1n) is 21.5. The summed E-state index contributed by atoms with van der Waals surface area (Å²) in [5.74, 6) is 1.01. The lowest BCUT2D eigenvalue weighted by atomic mass is 9.91. The van der Waals surface area contributed by atoms with Crippen molar-refractivity contribution in [1.29, 1.82) is 0 Å². The number of hydrogen-bond acceptors (Lipinski definition) is 9. The number of amides is 2. The van der Waals surface area contributed by atoms with Gasteiger partial charge in [0.05, 0.1) is 46.5 Å². The smallest absolute Gasteiger partial charge is 0.261 e. The zero-order valence-corrected chi connectivity index (χ0v) is 35.7. The Kier molecular flexibility index (Phi) is 14.5. The summed E-state index contributed by atoms with van der Waals surface area (Å²) < 4.78 is 7.44. The molecule has 0 spiro atoms. The number of halogens is 1. The molecule has 0 bridgehead atoms. The summed E-state index contributed by atoms with van der Waals surface area (Å²) in [6, 6.07) is 22.9. The number of hydrogen-bond donors (Lipinski definition) is 2. The van der Waals surface area contributed by atoms with Gasteiger partial charge in [-0.25, -0.2) is 4.98 Å². The average molecular weight is 836 g/mol. The summed E-state index contributed by atoms with van der Waals surface area (Å²) in [7, 11) is 2.15. The van der Waals surface area contributed by atoms with Crippen LogP contribution in [0.25, 0.3) is 21.8 Å². The topological polar surface area (TPSA) is 133 Å². The number of piperazine rings is 1. The third-order valence-electron chi connectivity index (χ3n) is 11.9. The van der Waals surface area contributed by atoms with E-state index in [9.17, 15) is 19.5 Å². The molecule has 2 N–H and O–H groups in total. The highest BCUT2D eigenvalue weighted by molar-refractivity contribution is 6.35. The molecule has 0 atom stereocenters. The molecule has 5 aromatic rings. The zero-order chi connectivity index (χ0) is 42.1. The van der Waals surface area contributed by atoms with E-state index in [2.05, 4.69) is 46.2 Å². The van der Waals surface area contributed by atoms with Gasteiger partial charge < -0.3 is 29.9 Å². The van der Waals surface area contributed by atoms with Gasteiger partial charge in [-0.1, -0.05) is 53.6 Å². The number of piperidine rings is 1. The predicted molar refractivity (Wildman–Crippen MR) is 237 cm³/mol. The van der Waals surface area contributed by atoms with Crippen molar-refractivity contribution < 1.29 is 19.4 Å². The number of ether oxygens (including phenoxy) is 1. The van der Waals surface area contributed by atoms with Crippen molar-refractivity contribution in [2.75, 3.05) is 66.0 Å². The average Bonchev–Trinajstić information content (AvgIpc) is 4.11. The lowest BCUT2D eigenvalue weighted by molar-refractivity contribution is -0.136. The third-order valence-corrected chi connectivity index (χ3v) is 12.2. The Balaban J connectivity index is 0.000000706. The van der Waals surface area contributed by atoms with Gasteiger partial charge >= 0.3 is 0 Å². The Morgan fingerprint density at radius 2 is 1.65 bits per heavy atom. The molecule has 0 radical (unpaired) electrons. The van der Waals surface area contributed by atoms with Crippen molar-refractivity contribution >= 4 is 45.2 Å². The molecule has 12 nitrogen and oxygen atoms in total. The first kappa shape index (κ1) is 43.2. The van der Waals surface area contributed by atoms with E-state index in [1.165, 1.54) is 16.5 Å². The Morgan fingerprint density at radius 1 is 0.900 bits per heavy atom. The van der Waals surface area contributed by atoms with Gasteiger partial charge in [0.1, 0.15) is 5.75 Å². The molecule has 3 aromatic carbocycles. The van der Waals surface area contributed by atoms with Gasteiger partial charge in [-0.15, -0.1) is 0 Å². The second kappa shape index (κ2) is 20.1. The van der Waals surface area contributed by atoms with Gasteiger partial charge in [0.15, 0.2) is 0 Å². The van der Waals surface area contributed by atoms with Crippen LogP contribution in [-0.2, 0) is 11.3 Å². The van der Waals surface area contributed by atoms with Crippen molar-refractivity contribution in [3.63, 3.8) is 0 Å². The predicted octanol–water partition coefficient (Wildman–Crippen LogP) is 6.44. The number of likely N-dealkylation sites (N-methyl/N-ethyl adjacent to an activating group) is 1. The van der Waals surface area contributed by atoms with Crippen LogP contribution in [0.2, 0.25) is 5.02 Å². The summed E-state index contributed by atoms with van der Waals surface area (Å²) in [6.45, 7) is 9.46. The van der Waals surface area contributed by atoms with Gasteiger partial charge in [0, 0.05) is 87.4 Å². The van der Waals surface area contributed by atoms with E-state index in [0.29, 0.717) is 91.5 Å². The van der Waals surface area contributed by atoms with Crippen LogP contribution in [0.5, 0.6) is 5.75 Å². The van der Waals surface area contributed by atoms with Crippen LogP contribution in [-0.4, -0.2) is 118 Å². The number of likely N-dealkylation sites (tertiary alicyclic amines) is 1. The molecule has 60 heavy (non-hydrogen) atoms. The van der Waals surface area contributed by atoms with Crippen molar-refractivity contribution in [2.24, 2.45) is 0 Å². The minimum absolute atomic E-state index is 0.0317. The lowest BCUT2D eigenvalue weighted by Gasteiger charge is -2.38. The van der Waals surface area contributed by atoms with Gasteiger partial charge in [-0.05, 0) is 89.2 Å². The van der Waals surface area contributed by atoms with E-state index < -0.39 is 5.60 Å². The Hall–Kier alpha value is -4.88. The van der Waals surface area contributed by atoms with Crippen LogP contribution in [0.3, 0.4) is 0 Å². The van der Waals surface area contributed by atoms with Crippen LogP contribution < -0.4 is 15.6 Å². The van der Waals surface area contributed by atoms with Crippen LogP contribution in [0, 0.1) is 6.92 Å². The minimum Gasteiger partial charge on any atom is -0.493 e. The summed E-state index contributed by atoms with van der Waals surface area (Å²) in [4.78, 5) is 55.0. The fourth-order valence-electron chi connectivity index (χ4n) is 7.87. The van der Waals surface area contributed by atoms with Crippen molar-refractivity contribution in [3.8, 4) is 5.75 Å². The molecule has 2 saturated heterocycles. The van der Waals surface area contributed by atoms with Crippen LogP contribution in [0.1, 0.15) is 78.9 Å². The van der Waals surface area contributed by atoms with Gasteiger partial charge in [0.25, 0.3) is 11.5 Å². The number of carbonyl (C=O) groups is 2. The quantitative estimate of drug-likeness (QED) is 0.121. The van der Waals surface area contributed by atoms with E-state index in [1.54, 1.807) is 35.2 Å². The monoisotopic (exact) mass is 835 g/mol. The minimum atomic E-state index is -1.11. The first-order valence-corrected chi connectivity index (χ1v) is 21.8. The number of benzene rings is 3. The van der Waals surface area contributed by atoms with Crippen molar-refractivity contribution in [1.82, 2.24) is 34.6 Å². The lowest BCUT2D eigenvalue weighted by Crippen LogP contribution is -2.49. The Bertz CT molecular complexity index is 2300. The number of nitrogens with zero attached hydrogens (tertiary/aromatic N) is 6. The summed E-state index contributed by atoms with van der Waals surface area (Å²) in [5, 5.41) is 16.3. The SMILES string of the molecule is CN1CCN(CCCOc2ccc3c(=O)n(CC4(O)CCN(C(=O)CCCCNC(=O)c5ccc6c(Cl)cc(C7CC7)nc6c5)CC4)cnc3c2)CC1.Cc1ccccc1. The van der Waals surface area contributed by atoms with Crippen LogP contribution in [0.4, 0.5) is 0 Å². The number of unbranched alkanes of at least 4 members (excludes halogenated alkanes) is 1. The molecular formula is C47H58ClN7O5. The highest BCUT2D eigenvalue weighted by atomic mass is 35.5. The number of nitrogens with one attached hydrogen (secondary N) is 1. The molecule has 318 valence electrons. The van der Waals surface area contributed by atoms with Crippen molar-refractivity contribution in [2.45, 2.75) is 76.4 Å². The normalized spacial score (nSPS) is 17.0. The molecule has 3 aliphatic rings. The summed E-state index contributed by atoms with van der Waals surface area (Å²) in [6.07, 6.45) is 7.09. The van der Waals surface area contributed by atoms with Gasteiger partial charge in [0.2, 0.25) is 5.91 Å². The maximum atomic E-state index is 13.3. The Morgan fingerprint density at radius 3 is 2.37 bits per heavy atom. The second-order valence-electron chi connectivity index (χ2n) is 16.7. The van der Waals surface area contributed by atoms with Crippen LogP contribution >= 0.6 is 11.6 Å². The number of aliphatic hydroxyl groups is 1. The summed E-state index contributed by atoms with van der Waals surface area (Å²) >= 11 is 6.47. The van der Waals surface area contributed by atoms with Crippen LogP contribution in [0.15, 0.2) is 83.9 Å². The maximum Gasteiger partial charge on any atom is 0.261 e. The molecule has 1 aliphatic carbocycles. The number of fused-ring (bicyclic) bond motifs is 2. The third kappa shape index (κ3) is 11.7. The number of pyridine rings is 1. The molecule has 2 aromatic heterocycles. The molecule has 0 unspecified atom stereocenters. The van der Waals surface area contributed by atoms with E-state index in [0.717, 1.165) is 68.6 Å². The number of rotatable bonds is 14. The number of aryl methyl sites for hydroxylation is 1. The van der Waals surface area contributed by atoms with E-state index in [1.807, 2.05) is 30.3 Å². The first-order chi connectivity index (χ1) is 29.0. The standard InChI is InChI=1S/C40H50ClN7O5.C7H8/c1-45-18-20-46(21-19-45)15-4-22-53-30-9-11-32-35(24-30)43-27-48(39(32)51)26-40(52)12-16-47(17-13-40)37(49)5-2-3-14-42-38(50)29-8-10-31-33(41)25-34(28-6-7-28)44-36(31)23-29;1-7-5-3-2-4-6-7/h8-11,23-25,27-28,52H,2-7,12-22,26H2,1H3,(H,42,50);2-6H,1H3. The highest BCUT2D eigenvalue weighted by Gasteiger charge is 2.34. The molecule has 13 heteroatoms. The maximum absolute atomic E-state index is 13.3. The summed E-state index contributed by atoms with van der Waals surface area (Å²) in [5.41, 5.74) is 2.82. The van der Waals surface area contributed by atoms with Gasteiger partial charge in [-0.2, -0.15) is 0 Å². The Labute approximate surface area is 357 Å². The van der Waals surface area contributed by atoms with Gasteiger partial charge in [-0.3, -0.25) is 23.9 Å². The van der Waals surface area contributed by atoms with E-state index >= 15 is 0 Å². The largest absolute Gasteiger partial charge is 0.493 e. The fourth-order valence-corrected chi connectivity index (χ4v) is 8.14. The molecule has 2 amide bonds. The number of aromatic nitrogens is 3. The zero-order valence-electron chi connectivity index (χ0n) is 35.0. The molecule has 4 heterocycles. The molecular weight excluding hydrogens is 778 g/mol. The molecule has 2 aliphatic heterocycles. The van der Waals surface area contributed by atoms with E-state index in [-0.39, 0.29) is 23.9 Å². The molecule has 1 saturated carbocycles. The molecule has 3 fully saturated rings.